The van der Waals surface area contributed by atoms with Gasteiger partial charge >= 0.3 is 0 Å². The van der Waals surface area contributed by atoms with E-state index in [0.717, 1.165) is 55.9 Å². The van der Waals surface area contributed by atoms with Crippen molar-refractivity contribution >= 4 is 21.7 Å². The lowest BCUT2D eigenvalue weighted by atomic mass is 10.00. The molecular weight excluding hydrogens is 438 g/mol. The van der Waals surface area contributed by atoms with Crippen LogP contribution in [0.15, 0.2) is 144 Å². The predicted molar refractivity (Wildman–Crippen MR) is 149 cm³/mol. The Bertz CT molecular complexity index is 1810. The Labute approximate surface area is 209 Å². The number of fused-ring (bicyclic) bond motifs is 2. The third kappa shape index (κ3) is 3.19. The molecule has 2 nitrogen and oxygen atoms in total. The van der Waals surface area contributed by atoms with Gasteiger partial charge in [-0.25, -0.2) is 0 Å². The molecule has 0 atom stereocenters. The highest BCUT2D eigenvalue weighted by atomic mass is 16.3. The average molecular weight is 462 g/mol. The minimum Gasteiger partial charge on any atom is -0.455 e. The molecule has 0 radical (unpaired) electrons. The van der Waals surface area contributed by atoms with E-state index in [9.17, 15) is 0 Å². The van der Waals surface area contributed by atoms with Gasteiger partial charge in [0.25, 0.3) is 0 Å². The van der Waals surface area contributed by atoms with Gasteiger partial charge in [-0.15, -0.1) is 0 Å². The van der Waals surface area contributed by atoms with Crippen LogP contribution in [0.25, 0.3) is 61.3 Å². The number of hydrogen-bond acceptors (Lipinski definition) is 1. The molecule has 0 aliphatic heterocycles. The SMILES string of the molecule is c1ccc(-c2oc(-c3c(-c4ccccc4)n(-c4ccccc4)c4ccccc34)c3ccccc23)cc1. The van der Waals surface area contributed by atoms with Crippen molar-refractivity contribution in [3.05, 3.63) is 140 Å². The molecule has 0 N–H and O–H groups in total. The molecule has 7 aromatic rings. The topological polar surface area (TPSA) is 18.1 Å². The summed E-state index contributed by atoms with van der Waals surface area (Å²) in [4.78, 5) is 0. The second kappa shape index (κ2) is 8.44. The molecule has 2 heterocycles. The summed E-state index contributed by atoms with van der Waals surface area (Å²) in [6.45, 7) is 0. The maximum absolute atomic E-state index is 6.84. The minimum atomic E-state index is 0.897. The molecule has 2 heteroatoms. The lowest BCUT2D eigenvalue weighted by Crippen LogP contribution is -1.97. The highest BCUT2D eigenvalue weighted by molar-refractivity contribution is 6.12. The van der Waals surface area contributed by atoms with E-state index in [1.54, 1.807) is 0 Å². The van der Waals surface area contributed by atoms with Crippen molar-refractivity contribution in [3.63, 3.8) is 0 Å². The zero-order chi connectivity index (χ0) is 23.9. The molecule has 0 saturated heterocycles. The van der Waals surface area contributed by atoms with E-state index < -0.39 is 0 Å². The molecule has 0 amide bonds. The first kappa shape index (κ1) is 20.5. The van der Waals surface area contributed by atoms with Gasteiger partial charge in [0.05, 0.1) is 16.8 Å². The number of benzene rings is 5. The van der Waals surface area contributed by atoms with Crippen LogP contribution >= 0.6 is 0 Å². The number of rotatable bonds is 4. The van der Waals surface area contributed by atoms with E-state index in [2.05, 4.69) is 138 Å². The Morgan fingerprint density at radius 2 is 0.917 bits per heavy atom. The number of nitrogens with zero attached hydrogens (tertiary/aromatic N) is 1. The van der Waals surface area contributed by atoms with Crippen molar-refractivity contribution in [2.24, 2.45) is 0 Å². The van der Waals surface area contributed by atoms with E-state index in [0.29, 0.717) is 0 Å². The van der Waals surface area contributed by atoms with Crippen LogP contribution in [0.1, 0.15) is 0 Å². The van der Waals surface area contributed by atoms with Crippen molar-refractivity contribution in [2.75, 3.05) is 0 Å². The first-order valence-corrected chi connectivity index (χ1v) is 12.2. The Kier molecular flexibility index (Phi) is 4.82. The zero-order valence-electron chi connectivity index (χ0n) is 19.6. The smallest absolute Gasteiger partial charge is 0.145 e. The van der Waals surface area contributed by atoms with Crippen LogP contribution in [0.5, 0.6) is 0 Å². The normalized spacial score (nSPS) is 11.3. The van der Waals surface area contributed by atoms with Crippen LogP contribution in [0.3, 0.4) is 0 Å². The fourth-order valence-electron chi connectivity index (χ4n) is 5.27. The molecule has 0 spiro atoms. The molecule has 2 aromatic heterocycles. The van der Waals surface area contributed by atoms with Crippen molar-refractivity contribution < 1.29 is 4.42 Å². The fraction of sp³-hybridized carbons (Fsp3) is 0. The van der Waals surface area contributed by atoms with Crippen LogP contribution in [0.2, 0.25) is 0 Å². The molecule has 0 saturated carbocycles. The van der Waals surface area contributed by atoms with E-state index in [-0.39, 0.29) is 0 Å². The largest absolute Gasteiger partial charge is 0.455 e. The van der Waals surface area contributed by atoms with Crippen LogP contribution < -0.4 is 0 Å². The third-order valence-corrected chi connectivity index (χ3v) is 6.82. The van der Waals surface area contributed by atoms with Crippen LogP contribution in [0.4, 0.5) is 0 Å². The number of aromatic nitrogens is 1. The Hall–Kier alpha value is -4.82. The molecule has 170 valence electrons. The van der Waals surface area contributed by atoms with Gasteiger partial charge in [0.2, 0.25) is 0 Å². The molecule has 0 bridgehead atoms. The van der Waals surface area contributed by atoms with Gasteiger partial charge < -0.3 is 8.98 Å². The summed E-state index contributed by atoms with van der Waals surface area (Å²) in [7, 11) is 0. The van der Waals surface area contributed by atoms with E-state index in [1.807, 2.05) is 6.07 Å². The summed E-state index contributed by atoms with van der Waals surface area (Å²) in [6, 6.07) is 48.7. The lowest BCUT2D eigenvalue weighted by molar-refractivity contribution is 0.602. The number of para-hydroxylation sites is 2. The van der Waals surface area contributed by atoms with Crippen molar-refractivity contribution in [3.8, 4) is 39.6 Å². The fourth-order valence-corrected chi connectivity index (χ4v) is 5.27. The molecule has 5 aromatic carbocycles. The van der Waals surface area contributed by atoms with Gasteiger partial charge in [-0.2, -0.15) is 0 Å². The minimum absolute atomic E-state index is 0.897. The Morgan fingerprint density at radius 1 is 0.417 bits per heavy atom. The third-order valence-electron chi connectivity index (χ3n) is 6.82. The van der Waals surface area contributed by atoms with Crippen molar-refractivity contribution in [1.29, 1.82) is 0 Å². The van der Waals surface area contributed by atoms with E-state index in [4.69, 9.17) is 4.42 Å². The monoisotopic (exact) mass is 461 g/mol. The van der Waals surface area contributed by atoms with Crippen LogP contribution in [0, 0.1) is 0 Å². The van der Waals surface area contributed by atoms with Gasteiger partial charge in [-0.3, -0.25) is 0 Å². The number of hydrogen-bond donors (Lipinski definition) is 0. The molecule has 0 fully saturated rings. The maximum Gasteiger partial charge on any atom is 0.145 e. The Balaban J connectivity index is 1.65. The lowest BCUT2D eigenvalue weighted by Gasteiger charge is -2.12. The zero-order valence-corrected chi connectivity index (χ0v) is 19.6. The molecule has 36 heavy (non-hydrogen) atoms. The molecule has 0 aliphatic carbocycles. The van der Waals surface area contributed by atoms with E-state index >= 15 is 0 Å². The number of furan rings is 1. The molecule has 7 rings (SSSR count). The first-order valence-electron chi connectivity index (χ1n) is 12.2. The Morgan fingerprint density at radius 3 is 1.58 bits per heavy atom. The summed E-state index contributed by atoms with van der Waals surface area (Å²) >= 11 is 0. The summed E-state index contributed by atoms with van der Waals surface area (Å²) in [5, 5.41) is 3.40. The quantitative estimate of drug-likeness (QED) is 0.255. The van der Waals surface area contributed by atoms with Gasteiger partial charge in [-0.05, 0) is 23.8 Å². The van der Waals surface area contributed by atoms with Crippen LogP contribution in [-0.4, -0.2) is 4.57 Å². The highest BCUT2D eigenvalue weighted by Gasteiger charge is 2.26. The van der Waals surface area contributed by atoms with E-state index in [1.165, 1.54) is 5.39 Å². The molecular formula is C34H23NO. The molecule has 0 aliphatic rings. The maximum atomic E-state index is 6.84. The standard InChI is InChI=1S/C34H23NO/c1-4-14-24(15-5-1)32-31(29-22-12-13-23-30(29)35(32)26-18-8-3-9-19-26)34-28-21-11-10-20-27(28)33(36-34)25-16-6-2-7-17-25/h1-23H. The molecule has 0 unspecified atom stereocenters. The second-order valence-electron chi connectivity index (χ2n) is 8.95. The highest BCUT2D eigenvalue weighted by Crippen LogP contribution is 2.47. The summed E-state index contributed by atoms with van der Waals surface area (Å²) in [6.07, 6.45) is 0. The van der Waals surface area contributed by atoms with Crippen molar-refractivity contribution in [1.82, 2.24) is 4.57 Å². The van der Waals surface area contributed by atoms with Gasteiger partial charge in [-0.1, -0.05) is 121 Å². The van der Waals surface area contributed by atoms with Gasteiger partial charge in [0.1, 0.15) is 11.5 Å². The summed E-state index contributed by atoms with van der Waals surface area (Å²) in [5.74, 6) is 1.80. The van der Waals surface area contributed by atoms with Gasteiger partial charge in [0, 0.05) is 27.4 Å². The first-order chi connectivity index (χ1) is 17.9. The van der Waals surface area contributed by atoms with Gasteiger partial charge in [0.15, 0.2) is 0 Å². The summed E-state index contributed by atoms with van der Waals surface area (Å²) < 4.78 is 9.20. The van der Waals surface area contributed by atoms with Crippen molar-refractivity contribution in [2.45, 2.75) is 0 Å². The predicted octanol–water partition coefficient (Wildman–Crippen LogP) is 9.38. The van der Waals surface area contributed by atoms with Crippen LogP contribution in [-0.2, 0) is 0 Å². The average Bonchev–Trinajstić information content (AvgIpc) is 3.51. The summed E-state index contributed by atoms with van der Waals surface area (Å²) in [5.41, 5.74) is 6.74. The second-order valence-corrected chi connectivity index (χ2v) is 8.95.